The molecule has 3 N–H and O–H groups in total. The normalized spacial score (nSPS) is 11.8. The van der Waals surface area contributed by atoms with Gasteiger partial charge in [0.2, 0.25) is 10.0 Å². The van der Waals surface area contributed by atoms with E-state index in [0.717, 1.165) is 4.31 Å². The van der Waals surface area contributed by atoms with E-state index in [9.17, 15) is 8.42 Å². The molecule has 106 valence electrons. The predicted octanol–water partition coefficient (Wildman–Crippen LogP) is 1.51. The summed E-state index contributed by atoms with van der Waals surface area (Å²) in [5.41, 5.74) is 6.68. The van der Waals surface area contributed by atoms with Crippen LogP contribution in [0.2, 0.25) is 0 Å². The Morgan fingerprint density at radius 1 is 1.53 bits per heavy atom. The largest absolute Gasteiger partial charge is 0.398 e. The summed E-state index contributed by atoms with van der Waals surface area (Å²) in [7, 11) is -3.69. The molecule has 1 aromatic rings. The van der Waals surface area contributed by atoms with Gasteiger partial charge in [-0.1, -0.05) is 6.08 Å². The molecule has 1 rings (SSSR count). The van der Waals surface area contributed by atoms with Crippen molar-refractivity contribution in [1.82, 2.24) is 4.31 Å². The molecule has 0 aliphatic carbocycles. The van der Waals surface area contributed by atoms with Crippen molar-refractivity contribution in [3.05, 3.63) is 34.8 Å². The Balaban J connectivity index is 3.32. The number of aliphatic hydroxyl groups is 1. The Kier molecular flexibility index (Phi) is 5.54. The average Bonchev–Trinajstić information content (AvgIpc) is 2.33. The molecule has 0 spiro atoms. The molecular formula is C12H17BrN2O3S. The first kappa shape index (κ1) is 16.2. The highest BCUT2D eigenvalue weighted by Gasteiger charge is 2.25. The van der Waals surface area contributed by atoms with Crippen LogP contribution in [0.1, 0.15) is 5.56 Å². The van der Waals surface area contributed by atoms with Gasteiger partial charge in [-0.2, -0.15) is 4.31 Å². The van der Waals surface area contributed by atoms with Crippen molar-refractivity contribution >= 4 is 31.6 Å². The zero-order valence-corrected chi connectivity index (χ0v) is 13.0. The number of anilines is 1. The predicted molar refractivity (Wildman–Crippen MR) is 79.3 cm³/mol. The number of hydrogen-bond donors (Lipinski definition) is 2. The molecular weight excluding hydrogens is 332 g/mol. The smallest absolute Gasteiger partial charge is 0.243 e. The Labute approximate surface area is 121 Å². The number of halogens is 1. The first-order chi connectivity index (χ1) is 8.84. The van der Waals surface area contributed by atoms with Gasteiger partial charge in [-0.3, -0.25) is 0 Å². The SMILES string of the molecule is C=CCN(CCO)S(=O)(=O)c1cc(N)c(Br)cc1C. The maximum atomic E-state index is 12.5. The van der Waals surface area contributed by atoms with Gasteiger partial charge < -0.3 is 10.8 Å². The molecule has 7 heteroatoms. The molecule has 0 saturated carbocycles. The van der Waals surface area contributed by atoms with Crippen molar-refractivity contribution in [2.24, 2.45) is 0 Å². The summed E-state index contributed by atoms with van der Waals surface area (Å²) < 4.78 is 26.8. The molecule has 0 aromatic heterocycles. The average molecular weight is 349 g/mol. The van der Waals surface area contributed by atoms with Crippen molar-refractivity contribution < 1.29 is 13.5 Å². The zero-order valence-electron chi connectivity index (χ0n) is 10.6. The standard InChI is InChI=1S/C12H17BrN2O3S/c1-3-4-15(5-6-16)19(17,18)12-8-11(14)10(13)7-9(12)2/h3,7-8,16H,1,4-6,14H2,2H3. The highest BCUT2D eigenvalue weighted by atomic mass is 79.9. The van der Waals surface area contributed by atoms with Crippen LogP contribution in [0.25, 0.3) is 0 Å². The van der Waals surface area contributed by atoms with Gasteiger partial charge in [0.15, 0.2) is 0 Å². The molecule has 0 aliphatic heterocycles. The number of rotatable bonds is 6. The molecule has 0 unspecified atom stereocenters. The molecule has 19 heavy (non-hydrogen) atoms. The minimum Gasteiger partial charge on any atom is -0.398 e. The van der Waals surface area contributed by atoms with E-state index in [1.807, 2.05) is 0 Å². The maximum absolute atomic E-state index is 12.5. The van der Waals surface area contributed by atoms with Crippen LogP contribution in [0.3, 0.4) is 0 Å². The van der Waals surface area contributed by atoms with Crippen molar-refractivity contribution in [1.29, 1.82) is 0 Å². The summed E-state index contributed by atoms with van der Waals surface area (Å²) in [4.78, 5) is 0.142. The maximum Gasteiger partial charge on any atom is 0.243 e. The van der Waals surface area contributed by atoms with E-state index < -0.39 is 10.0 Å². The lowest BCUT2D eigenvalue weighted by Crippen LogP contribution is -2.34. The lowest BCUT2D eigenvalue weighted by Gasteiger charge is -2.21. The van der Waals surface area contributed by atoms with Crippen LogP contribution in [0.15, 0.2) is 34.2 Å². The fourth-order valence-electron chi connectivity index (χ4n) is 1.65. The minimum atomic E-state index is -3.69. The summed E-state index contributed by atoms with van der Waals surface area (Å²) in [6, 6.07) is 3.08. The molecule has 0 saturated heterocycles. The van der Waals surface area contributed by atoms with Crippen LogP contribution in [0, 0.1) is 6.92 Å². The molecule has 0 bridgehead atoms. The van der Waals surface area contributed by atoms with Gasteiger partial charge in [-0.25, -0.2) is 8.42 Å². The number of benzene rings is 1. The number of nitrogens with two attached hydrogens (primary N) is 1. The summed E-state index contributed by atoms with van der Waals surface area (Å²) in [6.07, 6.45) is 1.48. The topological polar surface area (TPSA) is 83.6 Å². The van der Waals surface area contributed by atoms with Gasteiger partial charge in [0.25, 0.3) is 0 Å². The minimum absolute atomic E-state index is 0.0176. The van der Waals surface area contributed by atoms with Gasteiger partial charge in [0, 0.05) is 23.2 Å². The van der Waals surface area contributed by atoms with Crippen molar-refractivity contribution in [3.63, 3.8) is 0 Å². The number of nitrogen functional groups attached to an aromatic ring is 1. The molecule has 5 nitrogen and oxygen atoms in total. The summed E-state index contributed by atoms with van der Waals surface area (Å²) in [6.45, 7) is 5.12. The van der Waals surface area contributed by atoms with Crippen LogP contribution >= 0.6 is 15.9 Å². The third-order valence-electron chi connectivity index (χ3n) is 2.59. The van der Waals surface area contributed by atoms with E-state index >= 15 is 0 Å². The number of sulfonamides is 1. The third kappa shape index (κ3) is 3.56. The Morgan fingerprint density at radius 3 is 2.68 bits per heavy atom. The molecule has 0 amide bonds. The fourth-order valence-corrected chi connectivity index (χ4v) is 3.75. The molecule has 1 aromatic carbocycles. The highest BCUT2D eigenvalue weighted by Crippen LogP contribution is 2.28. The zero-order chi connectivity index (χ0) is 14.6. The van der Waals surface area contributed by atoms with Crippen LogP contribution in [0.5, 0.6) is 0 Å². The third-order valence-corrected chi connectivity index (χ3v) is 5.29. The van der Waals surface area contributed by atoms with Crippen molar-refractivity contribution in [2.75, 3.05) is 25.4 Å². The second-order valence-corrected chi connectivity index (χ2v) is 6.78. The lowest BCUT2D eigenvalue weighted by molar-refractivity contribution is 0.260. The number of hydrogen-bond acceptors (Lipinski definition) is 4. The van der Waals surface area contributed by atoms with Gasteiger partial charge in [-0.15, -0.1) is 6.58 Å². The van der Waals surface area contributed by atoms with E-state index in [0.29, 0.717) is 15.7 Å². The Morgan fingerprint density at radius 2 is 2.16 bits per heavy atom. The summed E-state index contributed by atoms with van der Waals surface area (Å²) in [5, 5.41) is 8.97. The summed E-state index contributed by atoms with van der Waals surface area (Å²) >= 11 is 3.26. The van der Waals surface area contributed by atoms with Gasteiger partial charge in [0.05, 0.1) is 11.5 Å². The number of aryl methyl sites for hydroxylation is 1. The van der Waals surface area contributed by atoms with E-state index in [1.165, 1.54) is 12.1 Å². The van der Waals surface area contributed by atoms with Crippen LogP contribution in [-0.4, -0.2) is 37.5 Å². The van der Waals surface area contributed by atoms with E-state index in [2.05, 4.69) is 22.5 Å². The number of nitrogens with zero attached hydrogens (tertiary/aromatic N) is 1. The summed E-state index contributed by atoms with van der Waals surface area (Å²) in [5.74, 6) is 0. The van der Waals surface area contributed by atoms with E-state index in [-0.39, 0.29) is 24.6 Å². The van der Waals surface area contributed by atoms with Crippen LogP contribution < -0.4 is 5.73 Å². The van der Waals surface area contributed by atoms with Gasteiger partial charge >= 0.3 is 0 Å². The Hall–Kier alpha value is -0.890. The van der Waals surface area contributed by atoms with Crippen LogP contribution in [0.4, 0.5) is 5.69 Å². The quantitative estimate of drug-likeness (QED) is 0.602. The molecule has 0 radical (unpaired) electrons. The fraction of sp³-hybridized carbons (Fsp3) is 0.333. The first-order valence-electron chi connectivity index (χ1n) is 5.62. The van der Waals surface area contributed by atoms with Gasteiger partial charge in [0.1, 0.15) is 0 Å². The van der Waals surface area contributed by atoms with E-state index in [1.54, 1.807) is 13.0 Å². The van der Waals surface area contributed by atoms with E-state index in [4.69, 9.17) is 10.8 Å². The highest BCUT2D eigenvalue weighted by molar-refractivity contribution is 9.10. The second kappa shape index (κ2) is 6.51. The molecule has 0 heterocycles. The Bertz CT molecular complexity index is 573. The molecule has 0 atom stereocenters. The molecule has 0 fully saturated rings. The van der Waals surface area contributed by atoms with Crippen molar-refractivity contribution in [2.45, 2.75) is 11.8 Å². The van der Waals surface area contributed by atoms with Gasteiger partial charge in [-0.05, 0) is 40.5 Å². The molecule has 0 aliphatic rings. The van der Waals surface area contributed by atoms with Crippen LogP contribution in [-0.2, 0) is 10.0 Å². The number of aliphatic hydroxyl groups excluding tert-OH is 1. The monoisotopic (exact) mass is 348 g/mol. The lowest BCUT2D eigenvalue weighted by atomic mass is 10.2. The van der Waals surface area contributed by atoms with Crippen molar-refractivity contribution in [3.8, 4) is 0 Å². The first-order valence-corrected chi connectivity index (χ1v) is 7.85. The second-order valence-electron chi connectivity index (χ2n) is 4.01.